The van der Waals surface area contributed by atoms with Crippen molar-refractivity contribution in [3.05, 3.63) is 0 Å². The van der Waals surface area contributed by atoms with Gasteiger partial charge in [-0.05, 0) is 19.8 Å². The van der Waals surface area contributed by atoms with Crippen molar-refractivity contribution in [2.45, 2.75) is 39.8 Å². The Hall–Kier alpha value is -0.370. The molecular weight excluding hydrogens is 138 g/mol. The smallest absolute Gasteiger partial charge is 0.0763 e. The quantitative estimate of drug-likeness (QED) is 0.573. The molecule has 11 heavy (non-hydrogen) atoms. The van der Waals surface area contributed by atoms with Crippen LogP contribution in [0.15, 0.2) is 4.99 Å². The van der Waals surface area contributed by atoms with Crippen molar-refractivity contribution in [3.63, 3.8) is 0 Å². The van der Waals surface area contributed by atoms with Crippen LogP contribution in [0.25, 0.3) is 0 Å². The molecular formula is C9H19NO. The van der Waals surface area contributed by atoms with Crippen LogP contribution in [0, 0.1) is 5.92 Å². The number of methoxy groups -OCH3 is 1. The molecule has 0 heterocycles. The first-order chi connectivity index (χ1) is 5.07. The molecule has 0 rings (SSSR count). The predicted molar refractivity (Wildman–Crippen MR) is 49.3 cm³/mol. The van der Waals surface area contributed by atoms with Gasteiger partial charge in [-0.2, -0.15) is 0 Å². The van der Waals surface area contributed by atoms with E-state index in [4.69, 9.17) is 4.74 Å². The third-order valence-corrected chi connectivity index (χ3v) is 1.67. The first-order valence-corrected chi connectivity index (χ1v) is 4.14. The largest absolute Gasteiger partial charge is 0.380 e. The molecule has 0 aliphatic carbocycles. The molecule has 2 atom stereocenters. The summed E-state index contributed by atoms with van der Waals surface area (Å²) in [6.07, 6.45) is 2.19. The fraction of sp³-hybridized carbons (Fsp3) is 0.889. The van der Waals surface area contributed by atoms with Crippen LogP contribution in [0.3, 0.4) is 0 Å². The van der Waals surface area contributed by atoms with Crippen molar-refractivity contribution in [2.75, 3.05) is 7.11 Å². The van der Waals surface area contributed by atoms with E-state index in [1.165, 1.54) is 0 Å². The Bertz CT molecular complexity index is 121. The number of rotatable bonds is 4. The molecule has 0 fully saturated rings. The van der Waals surface area contributed by atoms with E-state index < -0.39 is 0 Å². The van der Waals surface area contributed by atoms with E-state index in [9.17, 15) is 0 Å². The average Bonchev–Trinajstić information content (AvgIpc) is 1.98. The number of aliphatic imine (C=N–C) groups is 1. The summed E-state index contributed by atoms with van der Waals surface area (Å²) < 4.78 is 5.13. The highest BCUT2D eigenvalue weighted by Gasteiger charge is 2.07. The van der Waals surface area contributed by atoms with Gasteiger partial charge < -0.3 is 4.74 Å². The lowest BCUT2D eigenvalue weighted by atomic mass is 10.2. The van der Waals surface area contributed by atoms with Gasteiger partial charge in [0.25, 0.3) is 0 Å². The maximum atomic E-state index is 5.13. The zero-order valence-electron chi connectivity index (χ0n) is 8.16. The van der Waals surface area contributed by atoms with Crippen LogP contribution in [-0.2, 0) is 4.74 Å². The van der Waals surface area contributed by atoms with Gasteiger partial charge in [0.15, 0.2) is 0 Å². The van der Waals surface area contributed by atoms with Crippen molar-refractivity contribution >= 4 is 6.21 Å². The molecule has 66 valence electrons. The molecule has 0 aliphatic heterocycles. The molecule has 0 saturated carbocycles. The van der Waals surface area contributed by atoms with Gasteiger partial charge >= 0.3 is 0 Å². The number of ether oxygens (including phenoxy) is 1. The second-order valence-electron chi connectivity index (χ2n) is 3.22. The highest BCUT2D eigenvalue weighted by atomic mass is 16.5. The summed E-state index contributed by atoms with van der Waals surface area (Å²) in [4.78, 5) is 4.34. The van der Waals surface area contributed by atoms with Gasteiger partial charge in [-0.1, -0.05) is 13.8 Å². The minimum Gasteiger partial charge on any atom is -0.380 e. The monoisotopic (exact) mass is 157 g/mol. The highest BCUT2D eigenvalue weighted by Crippen LogP contribution is 2.01. The van der Waals surface area contributed by atoms with Gasteiger partial charge in [0.05, 0.1) is 12.1 Å². The van der Waals surface area contributed by atoms with Crippen LogP contribution < -0.4 is 0 Å². The minimum atomic E-state index is 0.213. The molecule has 0 aromatic carbocycles. The van der Waals surface area contributed by atoms with E-state index in [0.29, 0.717) is 5.92 Å². The number of hydrogen-bond acceptors (Lipinski definition) is 2. The zero-order valence-corrected chi connectivity index (χ0v) is 8.16. The molecule has 2 heteroatoms. The van der Waals surface area contributed by atoms with Crippen LogP contribution in [0.4, 0.5) is 0 Å². The SMILES string of the molecule is CO[C@H](C)C(C)/N=C\C(C)C. The van der Waals surface area contributed by atoms with Gasteiger partial charge in [-0.15, -0.1) is 0 Å². The number of hydrogen-bond donors (Lipinski definition) is 0. The average molecular weight is 157 g/mol. The molecule has 0 aliphatic rings. The first kappa shape index (κ1) is 10.6. The second-order valence-corrected chi connectivity index (χ2v) is 3.22. The highest BCUT2D eigenvalue weighted by molar-refractivity contribution is 5.59. The lowest BCUT2D eigenvalue weighted by Gasteiger charge is -2.13. The van der Waals surface area contributed by atoms with Crippen molar-refractivity contribution in [3.8, 4) is 0 Å². The molecule has 0 bridgehead atoms. The van der Waals surface area contributed by atoms with E-state index in [1.54, 1.807) is 7.11 Å². The molecule has 0 radical (unpaired) electrons. The molecule has 0 N–H and O–H groups in total. The summed E-state index contributed by atoms with van der Waals surface area (Å²) in [5, 5.41) is 0. The predicted octanol–water partition coefficient (Wildman–Crippen LogP) is 2.14. The van der Waals surface area contributed by atoms with Crippen LogP contribution in [0.1, 0.15) is 27.7 Å². The molecule has 2 nitrogen and oxygen atoms in total. The lowest BCUT2D eigenvalue weighted by Crippen LogP contribution is -2.20. The minimum absolute atomic E-state index is 0.213. The molecule has 1 unspecified atom stereocenters. The van der Waals surface area contributed by atoms with E-state index in [0.717, 1.165) is 0 Å². The molecule has 0 aromatic rings. The van der Waals surface area contributed by atoms with Crippen molar-refractivity contribution in [1.82, 2.24) is 0 Å². The van der Waals surface area contributed by atoms with E-state index in [2.05, 4.69) is 25.8 Å². The van der Waals surface area contributed by atoms with E-state index in [1.807, 2.05) is 13.1 Å². The van der Waals surface area contributed by atoms with Gasteiger partial charge in [0, 0.05) is 13.3 Å². The Balaban J connectivity index is 3.75. The maximum Gasteiger partial charge on any atom is 0.0763 e. The first-order valence-electron chi connectivity index (χ1n) is 4.14. The zero-order chi connectivity index (χ0) is 8.85. The van der Waals surface area contributed by atoms with E-state index in [-0.39, 0.29) is 12.1 Å². The Morgan fingerprint density at radius 2 is 1.73 bits per heavy atom. The standard InChI is InChI=1S/C9H19NO/c1-7(2)6-10-8(3)9(4)11-5/h6-9H,1-5H3/b10-6-/t8?,9-/m1/s1. The lowest BCUT2D eigenvalue weighted by molar-refractivity contribution is 0.101. The van der Waals surface area contributed by atoms with Gasteiger partial charge in [-0.3, -0.25) is 4.99 Å². The normalized spacial score (nSPS) is 17.6. The molecule has 0 spiro atoms. The fourth-order valence-corrected chi connectivity index (χ4v) is 0.626. The summed E-state index contributed by atoms with van der Waals surface area (Å²) >= 11 is 0. The fourth-order valence-electron chi connectivity index (χ4n) is 0.626. The second kappa shape index (κ2) is 5.30. The van der Waals surface area contributed by atoms with E-state index >= 15 is 0 Å². The Morgan fingerprint density at radius 3 is 2.09 bits per heavy atom. The Kier molecular flexibility index (Phi) is 5.12. The maximum absolute atomic E-state index is 5.13. The van der Waals surface area contributed by atoms with Crippen LogP contribution >= 0.6 is 0 Å². The van der Waals surface area contributed by atoms with Crippen molar-refractivity contribution in [1.29, 1.82) is 0 Å². The molecule has 0 amide bonds. The van der Waals surface area contributed by atoms with Gasteiger partial charge in [-0.25, -0.2) is 0 Å². The van der Waals surface area contributed by atoms with Crippen molar-refractivity contribution in [2.24, 2.45) is 10.9 Å². The van der Waals surface area contributed by atoms with Gasteiger partial charge in [0.1, 0.15) is 0 Å². The summed E-state index contributed by atoms with van der Waals surface area (Å²) in [7, 11) is 1.71. The molecule has 0 aromatic heterocycles. The van der Waals surface area contributed by atoms with Crippen LogP contribution in [0.2, 0.25) is 0 Å². The van der Waals surface area contributed by atoms with Crippen molar-refractivity contribution < 1.29 is 4.74 Å². The van der Waals surface area contributed by atoms with Crippen LogP contribution in [0.5, 0.6) is 0 Å². The summed E-state index contributed by atoms with van der Waals surface area (Å²) in [6, 6.07) is 0.266. The van der Waals surface area contributed by atoms with Gasteiger partial charge in [0.2, 0.25) is 0 Å². The summed E-state index contributed by atoms with van der Waals surface area (Å²) in [5.41, 5.74) is 0. The van der Waals surface area contributed by atoms with Crippen LogP contribution in [-0.4, -0.2) is 25.5 Å². The summed E-state index contributed by atoms with van der Waals surface area (Å²) in [6.45, 7) is 8.33. The Labute approximate surface area is 69.7 Å². The topological polar surface area (TPSA) is 21.6 Å². The summed E-state index contributed by atoms with van der Waals surface area (Å²) in [5.74, 6) is 0.529. The third kappa shape index (κ3) is 4.96. The number of nitrogens with zero attached hydrogens (tertiary/aromatic N) is 1. The molecule has 0 saturated heterocycles. The Morgan fingerprint density at radius 1 is 1.18 bits per heavy atom. The third-order valence-electron chi connectivity index (χ3n) is 1.67.